The van der Waals surface area contributed by atoms with Crippen LogP contribution in [0.3, 0.4) is 0 Å². The molecule has 1 aromatic carbocycles. The molecular formula is C21H23Cl2N7O. The molecule has 1 aliphatic heterocycles. The largest absolute Gasteiger partial charge is 0.422 e. The second-order valence-electron chi connectivity index (χ2n) is 8.32. The van der Waals surface area contributed by atoms with Crippen LogP contribution < -0.4 is 16.4 Å². The lowest BCUT2D eigenvalue weighted by atomic mass is 9.74. The second kappa shape index (κ2) is 7.93. The summed E-state index contributed by atoms with van der Waals surface area (Å²) in [5.74, 6) is 1.17. The number of halogens is 2. The minimum atomic E-state index is 0.231. The van der Waals surface area contributed by atoms with E-state index in [0.29, 0.717) is 32.8 Å². The summed E-state index contributed by atoms with van der Waals surface area (Å²) in [6, 6.07) is 5.58. The van der Waals surface area contributed by atoms with Gasteiger partial charge in [-0.05, 0) is 37.2 Å². The van der Waals surface area contributed by atoms with Gasteiger partial charge in [-0.2, -0.15) is 0 Å². The Bertz CT molecular complexity index is 1100. The van der Waals surface area contributed by atoms with Crippen molar-refractivity contribution in [2.45, 2.75) is 38.1 Å². The van der Waals surface area contributed by atoms with Crippen LogP contribution in [-0.4, -0.2) is 39.3 Å². The van der Waals surface area contributed by atoms with Crippen LogP contribution in [0.4, 0.5) is 11.6 Å². The zero-order valence-electron chi connectivity index (χ0n) is 16.9. The Balaban J connectivity index is 1.55. The van der Waals surface area contributed by atoms with Crippen LogP contribution in [0.25, 0.3) is 22.8 Å². The third-order valence-electron chi connectivity index (χ3n) is 6.71. The molecule has 3 aromatic rings. The van der Waals surface area contributed by atoms with E-state index in [4.69, 9.17) is 49.1 Å². The summed E-state index contributed by atoms with van der Waals surface area (Å²) >= 11 is 12.6. The Hall–Kier alpha value is -2.42. The van der Waals surface area contributed by atoms with Crippen LogP contribution in [0.15, 0.2) is 29.0 Å². The van der Waals surface area contributed by atoms with Crippen molar-refractivity contribution in [2.24, 2.45) is 11.1 Å². The van der Waals surface area contributed by atoms with Gasteiger partial charge in [-0.15, -0.1) is 10.2 Å². The van der Waals surface area contributed by atoms with Crippen molar-refractivity contribution < 1.29 is 4.42 Å². The molecular weight excluding hydrogens is 437 g/mol. The predicted molar refractivity (Wildman–Crippen MR) is 121 cm³/mol. The van der Waals surface area contributed by atoms with Crippen LogP contribution in [0.5, 0.6) is 0 Å². The molecule has 0 unspecified atom stereocenters. The summed E-state index contributed by atoms with van der Waals surface area (Å²) in [6.07, 6.45) is 6.80. The Labute approximate surface area is 190 Å². The Morgan fingerprint density at radius 1 is 1.10 bits per heavy atom. The first-order valence-electron chi connectivity index (χ1n) is 10.4. The normalized spacial score (nSPS) is 20.5. The molecule has 162 valence electrons. The monoisotopic (exact) mass is 459 g/mol. The maximum Gasteiger partial charge on any atom is 0.269 e. The van der Waals surface area contributed by atoms with Gasteiger partial charge in [0.15, 0.2) is 17.3 Å². The van der Waals surface area contributed by atoms with E-state index in [1.54, 1.807) is 18.2 Å². The third kappa shape index (κ3) is 3.52. The smallest absolute Gasteiger partial charge is 0.269 e. The van der Waals surface area contributed by atoms with Crippen LogP contribution in [-0.2, 0) is 0 Å². The van der Waals surface area contributed by atoms with Crippen molar-refractivity contribution in [3.05, 3.63) is 34.6 Å². The van der Waals surface area contributed by atoms with E-state index in [1.165, 1.54) is 19.2 Å². The first kappa shape index (κ1) is 20.5. The van der Waals surface area contributed by atoms with Crippen molar-refractivity contribution in [1.29, 1.82) is 0 Å². The lowest BCUT2D eigenvalue weighted by Crippen LogP contribution is -2.47. The Morgan fingerprint density at radius 3 is 2.58 bits per heavy atom. The van der Waals surface area contributed by atoms with E-state index in [1.807, 2.05) is 0 Å². The van der Waals surface area contributed by atoms with Gasteiger partial charge in [0.2, 0.25) is 6.39 Å². The van der Waals surface area contributed by atoms with E-state index < -0.39 is 0 Å². The molecule has 10 heteroatoms. The average molecular weight is 460 g/mol. The van der Waals surface area contributed by atoms with Crippen molar-refractivity contribution in [3.63, 3.8) is 0 Å². The van der Waals surface area contributed by atoms with Gasteiger partial charge >= 0.3 is 0 Å². The summed E-state index contributed by atoms with van der Waals surface area (Å²) in [5.41, 5.74) is 14.5. The lowest BCUT2D eigenvalue weighted by Gasteiger charge is -2.42. The van der Waals surface area contributed by atoms with Crippen molar-refractivity contribution in [2.75, 3.05) is 23.7 Å². The van der Waals surface area contributed by atoms with E-state index >= 15 is 0 Å². The molecule has 8 nitrogen and oxygen atoms in total. The highest BCUT2D eigenvalue weighted by Crippen LogP contribution is 2.47. The summed E-state index contributed by atoms with van der Waals surface area (Å²) in [5, 5.41) is 8.66. The molecule has 2 aromatic heterocycles. The van der Waals surface area contributed by atoms with Gasteiger partial charge in [0, 0.05) is 24.7 Å². The predicted octanol–water partition coefficient (Wildman–Crippen LogP) is 4.18. The maximum atomic E-state index is 6.45. The quantitative estimate of drug-likeness (QED) is 0.597. The second-order valence-corrected chi connectivity index (χ2v) is 9.11. The fourth-order valence-corrected chi connectivity index (χ4v) is 5.30. The van der Waals surface area contributed by atoms with Crippen molar-refractivity contribution >= 4 is 34.8 Å². The van der Waals surface area contributed by atoms with E-state index in [2.05, 4.69) is 15.1 Å². The standard InChI is InChI=1S/C21H23Cl2N7O/c22-13-4-1-3-12(15(13)23)16-18(25)28-19(17(27-16)20-29-26-11-31-20)30-9-7-21(8-10-30)6-2-5-14(21)24/h1,3-4,11,14H,2,5-10,24H2,(H2,25,28)/t14-/m1/s1. The SMILES string of the molecule is Nc1nc(N2CCC3(CCC[C@H]3N)CC2)c(-c2nnco2)nc1-c1cccc(Cl)c1Cl. The summed E-state index contributed by atoms with van der Waals surface area (Å²) < 4.78 is 5.47. The molecule has 0 amide bonds. The molecule has 1 saturated carbocycles. The van der Waals surface area contributed by atoms with E-state index in [9.17, 15) is 0 Å². The highest BCUT2D eigenvalue weighted by Gasteiger charge is 2.43. The molecule has 5 rings (SSSR count). The van der Waals surface area contributed by atoms with E-state index in [0.717, 1.165) is 32.4 Å². The maximum absolute atomic E-state index is 6.45. The van der Waals surface area contributed by atoms with Crippen molar-refractivity contribution in [3.8, 4) is 22.8 Å². The molecule has 2 aliphatic rings. The Morgan fingerprint density at radius 2 is 1.90 bits per heavy atom. The number of hydrogen-bond acceptors (Lipinski definition) is 8. The number of nitrogen functional groups attached to an aromatic ring is 1. The van der Waals surface area contributed by atoms with Crippen LogP contribution >= 0.6 is 23.2 Å². The molecule has 31 heavy (non-hydrogen) atoms. The molecule has 2 fully saturated rings. The first-order valence-corrected chi connectivity index (χ1v) is 11.1. The molecule has 4 N–H and O–H groups in total. The number of aromatic nitrogens is 4. The number of rotatable bonds is 3. The minimum Gasteiger partial charge on any atom is -0.422 e. The fraction of sp³-hybridized carbons (Fsp3) is 0.429. The van der Waals surface area contributed by atoms with Crippen LogP contribution in [0.2, 0.25) is 10.0 Å². The van der Waals surface area contributed by atoms with Gasteiger partial charge in [-0.3, -0.25) is 0 Å². The number of hydrogen-bond donors (Lipinski definition) is 2. The van der Waals surface area contributed by atoms with Crippen LogP contribution in [0, 0.1) is 5.41 Å². The van der Waals surface area contributed by atoms with Gasteiger partial charge in [0.05, 0.1) is 10.0 Å². The highest BCUT2D eigenvalue weighted by molar-refractivity contribution is 6.43. The number of nitrogens with two attached hydrogens (primary N) is 2. The molecule has 3 heterocycles. The van der Waals surface area contributed by atoms with Gasteiger partial charge in [0.25, 0.3) is 5.89 Å². The average Bonchev–Trinajstić information content (AvgIpc) is 3.42. The topological polar surface area (TPSA) is 120 Å². The fourth-order valence-electron chi connectivity index (χ4n) is 4.91. The highest BCUT2D eigenvalue weighted by atomic mass is 35.5. The summed E-state index contributed by atoms with van der Waals surface area (Å²) in [7, 11) is 0. The third-order valence-corrected chi connectivity index (χ3v) is 7.53. The van der Waals surface area contributed by atoms with Gasteiger partial charge in [-0.25, -0.2) is 9.97 Å². The lowest BCUT2D eigenvalue weighted by molar-refractivity contribution is 0.197. The minimum absolute atomic E-state index is 0.231. The Kier molecular flexibility index (Phi) is 5.24. The summed E-state index contributed by atoms with van der Waals surface area (Å²) in [4.78, 5) is 11.7. The molecule has 1 spiro atoms. The summed E-state index contributed by atoms with van der Waals surface area (Å²) in [6.45, 7) is 1.64. The van der Waals surface area contributed by atoms with Crippen LogP contribution in [0.1, 0.15) is 32.1 Å². The zero-order chi connectivity index (χ0) is 21.6. The molecule has 1 atom stereocenters. The van der Waals surface area contributed by atoms with E-state index in [-0.39, 0.29) is 23.2 Å². The number of piperidine rings is 1. The van der Waals surface area contributed by atoms with Gasteiger partial charge < -0.3 is 20.8 Å². The van der Waals surface area contributed by atoms with Gasteiger partial charge in [-0.1, -0.05) is 41.8 Å². The first-order chi connectivity index (χ1) is 15.0. The molecule has 0 bridgehead atoms. The molecule has 1 aliphatic carbocycles. The number of nitrogens with zero attached hydrogens (tertiary/aromatic N) is 5. The molecule has 0 radical (unpaired) electrons. The molecule has 1 saturated heterocycles. The van der Waals surface area contributed by atoms with Crippen molar-refractivity contribution in [1.82, 2.24) is 20.2 Å². The number of benzene rings is 1. The zero-order valence-corrected chi connectivity index (χ0v) is 18.4. The van der Waals surface area contributed by atoms with Gasteiger partial charge in [0.1, 0.15) is 5.69 Å². The number of anilines is 2.